The van der Waals surface area contributed by atoms with E-state index in [1.54, 1.807) is 6.92 Å². The second kappa shape index (κ2) is 3.56. The van der Waals surface area contributed by atoms with Crippen LogP contribution < -0.4 is 0 Å². The molecule has 0 spiro atoms. The molecule has 0 aromatic carbocycles. The molecule has 1 atom stereocenters. The first-order valence-corrected chi connectivity index (χ1v) is 6.03. The summed E-state index contributed by atoms with van der Waals surface area (Å²) in [5.41, 5.74) is 0. The molecule has 0 saturated heterocycles. The van der Waals surface area contributed by atoms with E-state index in [0.717, 1.165) is 12.8 Å². The van der Waals surface area contributed by atoms with Crippen molar-refractivity contribution in [2.45, 2.75) is 37.9 Å². The molecule has 1 fully saturated rings. The van der Waals surface area contributed by atoms with Crippen LogP contribution in [0.25, 0.3) is 0 Å². The predicted octanol–water partition coefficient (Wildman–Crippen LogP) is 0.933. The number of hydrogen-bond acceptors (Lipinski definition) is 3. The summed E-state index contributed by atoms with van der Waals surface area (Å²) in [5.74, 6) is 0.00625. The van der Waals surface area contributed by atoms with Crippen molar-refractivity contribution in [3.05, 3.63) is 0 Å². The Morgan fingerprint density at radius 3 is 2.58 bits per heavy atom. The lowest BCUT2D eigenvalue weighted by Crippen LogP contribution is -2.34. The van der Waals surface area contributed by atoms with Crippen LogP contribution in [0.1, 0.15) is 32.6 Å². The lowest BCUT2D eigenvalue weighted by molar-refractivity contribution is -0.119. The van der Waals surface area contributed by atoms with Crippen LogP contribution in [0, 0.1) is 0 Å². The van der Waals surface area contributed by atoms with Crippen LogP contribution in [0.5, 0.6) is 0 Å². The number of ketones is 1. The van der Waals surface area contributed by atoms with E-state index in [1.807, 2.05) is 0 Å². The fourth-order valence-corrected chi connectivity index (χ4v) is 2.98. The van der Waals surface area contributed by atoms with E-state index in [9.17, 15) is 13.2 Å². The zero-order valence-corrected chi connectivity index (χ0v) is 8.06. The van der Waals surface area contributed by atoms with Crippen LogP contribution in [0.3, 0.4) is 0 Å². The zero-order chi connectivity index (χ0) is 9.19. The number of hydrogen-bond donors (Lipinski definition) is 0. The van der Waals surface area contributed by atoms with Crippen molar-refractivity contribution >= 4 is 15.6 Å². The minimum Gasteiger partial charge on any atom is -0.298 e. The molecule has 1 aliphatic carbocycles. The van der Waals surface area contributed by atoms with Gasteiger partial charge in [0, 0.05) is 12.2 Å². The van der Waals surface area contributed by atoms with Crippen LogP contribution in [0.2, 0.25) is 0 Å². The summed E-state index contributed by atoms with van der Waals surface area (Å²) in [7, 11) is -3.12. The van der Waals surface area contributed by atoms with Gasteiger partial charge < -0.3 is 0 Å². The van der Waals surface area contributed by atoms with Gasteiger partial charge in [0.15, 0.2) is 15.6 Å². The Morgan fingerprint density at radius 2 is 2.08 bits per heavy atom. The van der Waals surface area contributed by atoms with Crippen LogP contribution >= 0.6 is 0 Å². The molecule has 1 unspecified atom stereocenters. The van der Waals surface area contributed by atoms with Gasteiger partial charge in [0.1, 0.15) is 5.25 Å². The summed E-state index contributed by atoms with van der Waals surface area (Å²) in [4.78, 5) is 11.2. The first kappa shape index (κ1) is 9.71. The van der Waals surface area contributed by atoms with Crippen molar-refractivity contribution in [1.82, 2.24) is 0 Å². The van der Waals surface area contributed by atoms with Gasteiger partial charge in [0.2, 0.25) is 0 Å². The topological polar surface area (TPSA) is 51.2 Å². The quantitative estimate of drug-likeness (QED) is 0.651. The molecular weight excluding hydrogens is 176 g/mol. The Balaban J connectivity index is 2.80. The highest BCUT2D eigenvalue weighted by Crippen LogP contribution is 2.21. The van der Waals surface area contributed by atoms with E-state index in [-0.39, 0.29) is 11.5 Å². The van der Waals surface area contributed by atoms with Gasteiger partial charge >= 0.3 is 0 Å². The highest BCUT2D eigenvalue weighted by atomic mass is 32.2. The molecule has 1 aliphatic rings. The van der Waals surface area contributed by atoms with Gasteiger partial charge in [-0.2, -0.15) is 0 Å². The molecule has 0 heterocycles. The molecule has 1 rings (SSSR count). The minimum absolute atomic E-state index is 0.0805. The van der Waals surface area contributed by atoms with Crippen molar-refractivity contribution in [3.8, 4) is 0 Å². The monoisotopic (exact) mass is 190 g/mol. The van der Waals surface area contributed by atoms with Crippen LogP contribution in [0.15, 0.2) is 0 Å². The SMILES string of the molecule is CCS(=O)(=O)C1CCCCC1=O. The Bertz CT molecular complexity index is 266. The molecular formula is C8H14O3S. The van der Waals surface area contributed by atoms with E-state index in [0.29, 0.717) is 12.8 Å². The molecule has 0 bridgehead atoms. The fraction of sp³-hybridized carbons (Fsp3) is 0.875. The number of carbonyl (C=O) groups is 1. The number of Topliss-reactive ketones (excluding diaryl/α,β-unsaturated/α-hetero) is 1. The van der Waals surface area contributed by atoms with Crippen molar-refractivity contribution in [1.29, 1.82) is 0 Å². The third-order valence-corrected chi connectivity index (χ3v) is 4.50. The first-order chi connectivity index (χ1) is 5.58. The molecule has 12 heavy (non-hydrogen) atoms. The smallest absolute Gasteiger partial charge is 0.159 e. The number of carbonyl (C=O) groups excluding carboxylic acids is 1. The summed E-state index contributed by atoms with van der Waals surface area (Å²) >= 11 is 0. The van der Waals surface area contributed by atoms with Crippen molar-refractivity contribution in [2.75, 3.05) is 5.75 Å². The Morgan fingerprint density at radius 1 is 1.42 bits per heavy atom. The summed E-state index contributed by atoms with van der Waals surface area (Å²) in [6.45, 7) is 1.59. The molecule has 0 N–H and O–H groups in total. The third kappa shape index (κ3) is 1.86. The maximum atomic E-state index is 11.3. The summed E-state index contributed by atoms with van der Waals surface area (Å²) < 4.78 is 22.7. The minimum atomic E-state index is -3.12. The first-order valence-electron chi connectivity index (χ1n) is 4.32. The molecule has 0 amide bonds. The fourth-order valence-electron chi connectivity index (χ4n) is 1.53. The number of rotatable bonds is 2. The van der Waals surface area contributed by atoms with E-state index in [4.69, 9.17) is 0 Å². The highest BCUT2D eigenvalue weighted by molar-refractivity contribution is 7.92. The average Bonchev–Trinajstić information content (AvgIpc) is 2.05. The molecule has 70 valence electrons. The molecule has 0 aromatic heterocycles. The van der Waals surface area contributed by atoms with Crippen LogP contribution in [-0.4, -0.2) is 25.2 Å². The molecule has 0 aliphatic heterocycles. The average molecular weight is 190 g/mol. The Kier molecular flexibility index (Phi) is 2.88. The number of sulfone groups is 1. The van der Waals surface area contributed by atoms with E-state index in [2.05, 4.69) is 0 Å². The molecule has 4 heteroatoms. The van der Waals surface area contributed by atoms with Crippen molar-refractivity contribution < 1.29 is 13.2 Å². The zero-order valence-electron chi connectivity index (χ0n) is 7.25. The van der Waals surface area contributed by atoms with E-state index < -0.39 is 15.1 Å². The molecule has 3 nitrogen and oxygen atoms in total. The second-order valence-electron chi connectivity index (χ2n) is 3.15. The van der Waals surface area contributed by atoms with Gasteiger partial charge in [-0.15, -0.1) is 0 Å². The molecule has 0 aromatic rings. The second-order valence-corrected chi connectivity index (χ2v) is 5.62. The lowest BCUT2D eigenvalue weighted by atomic mass is 9.99. The third-order valence-electron chi connectivity index (χ3n) is 2.33. The van der Waals surface area contributed by atoms with Gasteiger partial charge in [0.25, 0.3) is 0 Å². The largest absolute Gasteiger partial charge is 0.298 e. The molecule has 1 saturated carbocycles. The highest BCUT2D eigenvalue weighted by Gasteiger charge is 2.32. The van der Waals surface area contributed by atoms with Gasteiger partial charge in [-0.05, 0) is 12.8 Å². The molecule has 0 radical (unpaired) electrons. The van der Waals surface area contributed by atoms with Crippen LogP contribution in [0.4, 0.5) is 0 Å². The van der Waals surface area contributed by atoms with Gasteiger partial charge in [-0.1, -0.05) is 13.3 Å². The standard InChI is InChI=1S/C8H14O3S/c1-2-12(10,11)8-6-4-3-5-7(8)9/h8H,2-6H2,1H3. The Hall–Kier alpha value is -0.380. The summed E-state index contributed by atoms with van der Waals surface area (Å²) in [5, 5.41) is -0.684. The summed E-state index contributed by atoms with van der Waals surface area (Å²) in [6.07, 6.45) is 2.71. The van der Waals surface area contributed by atoms with E-state index in [1.165, 1.54) is 0 Å². The van der Waals surface area contributed by atoms with Crippen molar-refractivity contribution in [3.63, 3.8) is 0 Å². The van der Waals surface area contributed by atoms with Crippen molar-refractivity contribution in [2.24, 2.45) is 0 Å². The van der Waals surface area contributed by atoms with Gasteiger partial charge in [0.05, 0.1) is 0 Å². The maximum absolute atomic E-state index is 11.3. The lowest BCUT2D eigenvalue weighted by Gasteiger charge is -2.19. The van der Waals surface area contributed by atoms with Gasteiger partial charge in [-0.25, -0.2) is 8.42 Å². The van der Waals surface area contributed by atoms with Gasteiger partial charge in [-0.3, -0.25) is 4.79 Å². The normalized spacial score (nSPS) is 25.8. The predicted molar refractivity (Wildman–Crippen MR) is 46.7 cm³/mol. The summed E-state index contributed by atoms with van der Waals surface area (Å²) in [6, 6.07) is 0. The van der Waals surface area contributed by atoms with Crippen LogP contribution in [-0.2, 0) is 14.6 Å². The maximum Gasteiger partial charge on any atom is 0.159 e. The van der Waals surface area contributed by atoms with E-state index >= 15 is 0 Å². The Labute approximate surface area is 73.1 Å².